The van der Waals surface area contributed by atoms with Gasteiger partial charge in [-0.3, -0.25) is 0 Å². The van der Waals surface area contributed by atoms with Crippen molar-refractivity contribution in [3.8, 4) is 17.3 Å². The summed E-state index contributed by atoms with van der Waals surface area (Å²) < 4.78 is 29.6. The molecule has 0 unspecified atom stereocenters. The second-order valence-electron chi connectivity index (χ2n) is 9.93. The monoisotopic (exact) mass is 491 g/mol. The molecule has 3 heterocycles. The van der Waals surface area contributed by atoms with Crippen molar-refractivity contribution in [1.29, 1.82) is 5.26 Å². The third kappa shape index (κ3) is 5.03. The van der Waals surface area contributed by atoms with Gasteiger partial charge >= 0.3 is 0 Å². The highest BCUT2D eigenvalue weighted by Crippen LogP contribution is 2.34. The van der Waals surface area contributed by atoms with Gasteiger partial charge < -0.3 is 15.2 Å². The van der Waals surface area contributed by atoms with Gasteiger partial charge in [0, 0.05) is 37.3 Å². The quantitative estimate of drug-likeness (QED) is 0.422. The number of imidazole rings is 1. The van der Waals surface area contributed by atoms with Crippen molar-refractivity contribution in [2.75, 3.05) is 23.7 Å². The number of nitrogen functional groups attached to an aromatic ring is 1. The Morgan fingerprint density at radius 3 is 2.56 bits per heavy atom. The van der Waals surface area contributed by atoms with Gasteiger partial charge in [-0.15, -0.1) is 0 Å². The predicted octanol–water partition coefficient (Wildman–Crippen LogP) is 5.43. The summed E-state index contributed by atoms with van der Waals surface area (Å²) in [6, 6.07) is 6.07. The van der Waals surface area contributed by atoms with E-state index in [-0.39, 0.29) is 11.7 Å². The molecule has 9 heteroatoms. The fraction of sp³-hybridized carbons (Fsp3) is 0.481. The summed E-state index contributed by atoms with van der Waals surface area (Å²) in [4.78, 5) is 15.2. The van der Waals surface area contributed by atoms with Crippen molar-refractivity contribution in [3.05, 3.63) is 53.7 Å². The Morgan fingerprint density at radius 2 is 1.86 bits per heavy atom. The lowest BCUT2D eigenvalue weighted by atomic mass is 9.82. The molecule has 1 saturated carbocycles. The topological polar surface area (TPSA) is 96.7 Å². The van der Waals surface area contributed by atoms with Crippen LogP contribution in [0.25, 0.3) is 11.3 Å². The Bertz CT molecular complexity index is 1250. The largest absolute Gasteiger partial charge is 0.382 e. The maximum Gasteiger partial charge on any atom is 0.159 e. The Balaban J connectivity index is 1.33. The van der Waals surface area contributed by atoms with E-state index >= 15 is 0 Å². The van der Waals surface area contributed by atoms with Gasteiger partial charge in [0.2, 0.25) is 0 Å². The second kappa shape index (κ2) is 10.6. The van der Waals surface area contributed by atoms with Crippen molar-refractivity contribution >= 4 is 11.6 Å². The van der Waals surface area contributed by atoms with Gasteiger partial charge in [-0.25, -0.2) is 23.7 Å². The number of benzene rings is 1. The van der Waals surface area contributed by atoms with Crippen LogP contribution in [0.3, 0.4) is 0 Å². The summed E-state index contributed by atoms with van der Waals surface area (Å²) in [6.07, 6.45) is 12.7. The molecule has 1 aliphatic heterocycles. The van der Waals surface area contributed by atoms with Crippen LogP contribution in [0.15, 0.2) is 30.7 Å². The lowest BCUT2D eigenvalue weighted by molar-refractivity contribution is 0.285. The number of unbranched alkanes of at least 4 members (excludes halogenated alkanes) is 1. The van der Waals surface area contributed by atoms with E-state index in [1.165, 1.54) is 44.5 Å². The molecule has 0 spiro atoms. The fourth-order valence-electron chi connectivity index (χ4n) is 5.31. The maximum absolute atomic E-state index is 13.9. The van der Waals surface area contributed by atoms with Crippen LogP contribution >= 0.6 is 0 Å². The molecule has 2 aliphatic rings. The smallest absolute Gasteiger partial charge is 0.159 e. The van der Waals surface area contributed by atoms with E-state index in [9.17, 15) is 14.0 Å². The van der Waals surface area contributed by atoms with Crippen molar-refractivity contribution in [3.63, 3.8) is 0 Å². The molecular weight excluding hydrogens is 460 g/mol. The first-order chi connectivity index (χ1) is 17.5. The summed E-state index contributed by atoms with van der Waals surface area (Å²) in [6.45, 7) is 2.29. The lowest BCUT2D eigenvalue weighted by Crippen LogP contribution is -2.35. The van der Waals surface area contributed by atoms with Crippen LogP contribution in [0.2, 0.25) is 0 Å². The molecule has 2 aromatic heterocycles. The highest BCUT2D eigenvalue weighted by atomic mass is 19.2. The molecule has 188 valence electrons. The van der Waals surface area contributed by atoms with Crippen LogP contribution in [0, 0.1) is 28.9 Å². The van der Waals surface area contributed by atoms with Crippen LogP contribution in [-0.2, 0) is 6.54 Å². The van der Waals surface area contributed by atoms with Crippen molar-refractivity contribution in [2.24, 2.45) is 5.92 Å². The minimum atomic E-state index is -0.866. The molecule has 2 fully saturated rings. The Kier molecular flexibility index (Phi) is 7.12. The van der Waals surface area contributed by atoms with E-state index in [1.807, 2.05) is 6.20 Å². The van der Waals surface area contributed by atoms with Crippen molar-refractivity contribution < 1.29 is 8.78 Å². The first-order valence-corrected chi connectivity index (χ1v) is 12.8. The molecule has 2 N–H and O–H groups in total. The standard InChI is InChI=1S/C27H31F2N7/c28-22-8-7-20(14-23(22)29)24-16-36(11-2-1-4-18-5-3-6-18)26(34-24)19-9-12-35(13-10-19)27-21(15-30)25(31)32-17-33-27/h7-8,14,16-19H,1-6,9-13H2,(H2,31,32,33). The van der Waals surface area contributed by atoms with Gasteiger partial charge in [-0.05, 0) is 43.4 Å². The van der Waals surface area contributed by atoms with Crippen molar-refractivity contribution in [1.82, 2.24) is 19.5 Å². The predicted molar refractivity (Wildman–Crippen MR) is 134 cm³/mol. The molecule has 0 bridgehead atoms. The van der Waals surface area contributed by atoms with E-state index in [0.717, 1.165) is 43.6 Å². The number of aryl methyl sites for hydroxylation is 1. The van der Waals surface area contributed by atoms with E-state index in [4.69, 9.17) is 10.7 Å². The molecule has 5 rings (SSSR count). The van der Waals surface area contributed by atoms with E-state index < -0.39 is 11.6 Å². The molecule has 1 aliphatic carbocycles. The van der Waals surface area contributed by atoms with Crippen LogP contribution in [0.1, 0.15) is 68.7 Å². The molecule has 0 atom stereocenters. The lowest BCUT2D eigenvalue weighted by Gasteiger charge is -2.33. The Labute approximate surface area is 210 Å². The minimum Gasteiger partial charge on any atom is -0.382 e. The van der Waals surface area contributed by atoms with Crippen LogP contribution < -0.4 is 10.6 Å². The minimum absolute atomic E-state index is 0.193. The highest BCUT2D eigenvalue weighted by molar-refractivity contribution is 5.63. The summed E-state index contributed by atoms with van der Waals surface area (Å²) in [5.74, 6) is 1.14. The average Bonchev–Trinajstić information content (AvgIpc) is 3.28. The molecule has 3 aromatic rings. The summed E-state index contributed by atoms with van der Waals surface area (Å²) in [5, 5.41) is 9.50. The van der Waals surface area contributed by atoms with E-state index in [0.29, 0.717) is 35.7 Å². The summed E-state index contributed by atoms with van der Waals surface area (Å²) >= 11 is 0. The normalized spacial score (nSPS) is 16.6. The van der Waals surface area contributed by atoms with Crippen LogP contribution in [0.4, 0.5) is 20.4 Å². The van der Waals surface area contributed by atoms with Gasteiger partial charge in [-0.1, -0.05) is 32.1 Å². The van der Waals surface area contributed by atoms with Crippen LogP contribution in [-0.4, -0.2) is 32.6 Å². The number of piperidine rings is 1. The first kappa shape index (κ1) is 24.2. The molecule has 1 saturated heterocycles. The third-order valence-corrected chi connectivity index (χ3v) is 7.64. The number of nitrogens with two attached hydrogens (primary N) is 1. The number of nitriles is 1. The van der Waals surface area contributed by atoms with Gasteiger partial charge in [0.15, 0.2) is 17.5 Å². The third-order valence-electron chi connectivity index (χ3n) is 7.64. The fourth-order valence-corrected chi connectivity index (χ4v) is 5.31. The SMILES string of the molecule is N#Cc1c(N)ncnc1N1CCC(c2nc(-c3ccc(F)c(F)c3)cn2CCCCC2CCC2)CC1. The zero-order valence-electron chi connectivity index (χ0n) is 20.3. The zero-order chi connectivity index (χ0) is 25.1. The number of anilines is 2. The van der Waals surface area contributed by atoms with Crippen molar-refractivity contribution in [2.45, 2.75) is 63.8 Å². The highest BCUT2D eigenvalue weighted by Gasteiger charge is 2.28. The molecule has 0 amide bonds. The molecule has 0 radical (unpaired) electrons. The molecule has 1 aromatic carbocycles. The van der Waals surface area contributed by atoms with E-state index in [2.05, 4.69) is 25.5 Å². The number of hydrogen-bond acceptors (Lipinski definition) is 6. The molecule has 36 heavy (non-hydrogen) atoms. The Morgan fingerprint density at radius 1 is 1.06 bits per heavy atom. The second-order valence-corrected chi connectivity index (χ2v) is 9.93. The number of nitrogens with zero attached hydrogens (tertiary/aromatic N) is 6. The van der Waals surface area contributed by atoms with Crippen LogP contribution in [0.5, 0.6) is 0 Å². The number of rotatable bonds is 8. The maximum atomic E-state index is 13.9. The molecular formula is C27H31F2N7. The van der Waals surface area contributed by atoms with Gasteiger partial charge in [0.1, 0.15) is 29.6 Å². The van der Waals surface area contributed by atoms with Gasteiger partial charge in [0.25, 0.3) is 0 Å². The average molecular weight is 492 g/mol. The molecule has 7 nitrogen and oxygen atoms in total. The van der Waals surface area contributed by atoms with Gasteiger partial charge in [0.05, 0.1) is 5.69 Å². The summed E-state index contributed by atoms with van der Waals surface area (Å²) in [5.41, 5.74) is 7.44. The van der Waals surface area contributed by atoms with Gasteiger partial charge in [-0.2, -0.15) is 5.26 Å². The van der Waals surface area contributed by atoms with E-state index in [1.54, 1.807) is 6.07 Å². The summed E-state index contributed by atoms with van der Waals surface area (Å²) in [7, 11) is 0. The number of halogens is 2. The number of aromatic nitrogens is 4. The number of hydrogen-bond donors (Lipinski definition) is 1. The zero-order valence-corrected chi connectivity index (χ0v) is 20.3. The Hall–Kier alpha value is -3.54. The first-order valence-electron chi connectivity index (χ1n) is 12.8.